The maximum absolute atomic E-state index is 11.9. The normalized spacial score (nSPS) is 28.7. The van der Waals surface area contributed by atoms with Crippen LogP contribution in [0.15, 0.2) is 0 Å². The van der Waals surface area contributed by atoms with E-state index in [4.69, 9.17) is 0 Å². The number of rotatable bonds is 2. The summed E-state index contributed by atoms with van der Waals surface area (Å²) in [5.41, 5.74) is 0. The largest absolute Gasteiger partial charge is 0.353 e. The van der Waals surface area contributed by atoms with Gasteiger partial charge in [-0.15, -0.1) is 0 Å². The molecule has 0 bridgehead atoms. The van der Waals surface area contributed by atoms with E-state index in [1.54, 1.807) is 0 Å². The maximum Gasteiger partial charge on any atom is 0.224 e. The minimum absolute atomic E-state index is 0.216. The lowest BCUT2D eigenvalue weighted by molar-refractivity contribution is -0.126. The monoisotopic (exact) mass is 228 g/mol. The molecule has 3 nitrogen and oxygen atoms in total. The molecule has 86 valence electrons. The molecule has 0 saturated carbocycles. The first-order valence-corrected chi connectivity index (χ1v) is 7.10. The van der Waals surface area contributed by atoms with Crippen LogP contribution in [0.2, 0.25) is 0 Å². The Kier molecular flexibility index (Phi) is 4.32. The minimum Gasteiger partial charge on any atom is -0.353 e. The van der Waals surface area contributed by atoms with Crippen molar-refractivity contribution < 1.29 is 4.79 Å². The predicted molar refractivity (Wildman–Crippen MR) is 64.1 cm³/mol. The van der Waals surface area contributed by atoms with Crippen LogP contribution in [0.1, 0.15) is 25.7 Å². The van der Waals surface area contributed by atoms with Crippen molar-refractivity contribution in [2.24, 2.45) is 5.92 Å². The number of hydrogen-bond acceptors (Lipinski definition) is 3. The first-order chi connectivity index (χ1) is 7.36. The molecule has 2 heterocycles. The zero-order chi connectivity index (χ0) is 10.5. The fourth-order valence-electron chi connectivity index (χ4n) is 2.24. The molecule has 1 atom stereocenters. The Labute approximate surface area is 95.8 Å². The molecule has 0 aliphatic carbocycles. The first kappa shape index (κ1) is 11.3. The van der Waals surface area contributed by atoms with Crippen LogP contribution in [0.3, 0.4) is 0 Å². The maximum atomic E-state index is 11.9. The summed E-state index contributed by atoms with van der Waals surface area (Å²) >= 11 is 2.00. The number of carbonyl (C=O) groups excluding carboxylic acids is 1. The average Bonchev–Trinajstić information content (AvgIpc) is 2.31. The number of hydrogen-bond donors (Lipinski definition) is 2. The smallest absolute Gasteiger partial charge is 0.224 e. The Hall–Kier alpha value is -0.220. The highest BCUT2D eigenvalue weighted by atomic mass is 32.2. The number of nitrogens with one attached hydrogen (secondary N) is 2. The minimum atomic E-state index is 0.216. The molecule has 0 aromatic carbocycles. The summed E-state index contributed by atoms with van der Waals surface area (Å²) in [5.74, 6) is 2.90. The zero-order valence-electron chi connectivity index (χ0n) is 9.13. The summed E-state index contributed by atoms with van der Waals surface area (Å²) in [7, 11) is 0. The molecule has 0 radical (unpaired) electrons. The van der Waals surface area contributed by atoms with Crippen molar-refractivity contribution in [2.45, 2.75) is 31.7 Å². The van der Waals surface area contributed by atoms with Gasteiger partial charge in [0.05, 0.1) is 5.92 Å². The predicted octanol–water partition coefficient (Wildman–Crippen LogP) is 0.998. The Morgan fingerprint density at radius 2 is 2.07 bits per heavy atom. The van der Waals surface area contributed by atoms with Crippen molar-refractivity contribution >= 4 is 17.7 Å². The Morgan fingerprint density at radius 3 is 2.73 bits per heavy atom. The van der Waals surface area contributed by atoms with Crippen LogP contribution >= 0.6 is 11.8 Å². The van der Waals surface area contributed by atoms with E-state index in [1.807, 2.05) is 11.8 Å². The van der Waals surface area contributed by atoms with Crippen LogP contribution in [0.25, 0.3) is 0 Å². The van der Waals surface area contributed by atoms with Gasteiger partial charge in [0.25, 0.3) is 0 Å². The van der Waals surface area contributed by atoms with Gasteiger partial charge in [-0.2, -0.15) is 11.8 Å². The van der Waals surface area contributed by atoms with Crippen LogP contribution < -0.4 is 10.6 Å². The van der Waals surface area contributed by atoms with Crippen molar-refractivity contribution in [2.75, 3.05) is 24.6 Å². The third-order valence-corrected chi connectivity index (χ3v) is 4.28. The quantitative estimate of drug-likeness (QED) is 0.741. The lowest BCUT2D eigenvalue weighted by atomic mass is 9.98. The van der Waals surface area contributed by atoms with Crippen molar-refractivity contribution in [1.29, 1.82) is 0 Å². The molecule has 2 rings (SSSR count). The summed E-state index contributed by atoms with van der Waals surface area (Å²) < 4.78 is 0. The van der Waals surface area contributed by atoms with Gasteiger partial charge in [0.2, 0.25) is 5.91 Å². The van der Waals surface area contributed by atoms with E-state index in [0.717, 1.165) is 38.8 Å². The highest BCUT2D eigenvalue weighted by Crippen LogP contribution is 2.18. The van der Waals surface area contributed by atoms with Gasteiger partial charge in [0.1, 0.15) is 0 Å². The van der Waals surface area contributed by atoms with E-state index in [2.05, 4.69) is 10.6 Å². The van der Waals surface area contributed by atoms with Crippen molar-refractivity contribution in [3.05, 3.63) is 0 Å². The highest BCUT2D eigenvalue weighted by molar-refractivity contribution is 7.99. The van der Waals surface area contributed by atoms with Crippen molar-refractivity contribution in [3.63, 3.8) is 0 Å². The van der Waals surface area contributed by atoms with E-state index in [1.165, 1.54) is 11.5 Å². The van der Waals surface area contributed by atoms with Crippen LogP contribution in [-0.4, -0.2) is 36.5 Å². The van der Waals surface area contributed by atoms with Crippen LogP contribution in [-0.2, 0) is 4.79 Å². The lowest BCUT2D eigenvalue weighted by Crippen LogP contribution is -2.45. The molecule has 0 aromatic heterocycles. The van der Waals surface area contributed by atoms with Gasteiger partial charge >= 0.3 is 0 Å². The van der Waals surface area contributed by atoms with E-state index < -0.39 is 0 Å². The fourth-order valence-corrected chi connectivity index (χ4v) is 3.34. The molecular formula is C11H20N2OS. The van der Waals surface area contributed by atoms with Crippen molar-refractivity contribution in [3.8, 4) is 0 Å². The number of carbonyl (C=O) groups is 1. The van der Waals surface area contributed by atoms with Gasteiger partial charge in [0, 0.05) is 12.6 Å². The second-order valence-electron chi connectivity index (χ2n) is 4.44. The van der Waals surface area contributed by atoms with E-state index >= 15 is 0 Å². The second-order valence-corrected chi connectivity index (χ2v) is 5.66. The standard InChI is InChI=1S/C11H20N2OS/c14-11(9-2-1-5-12-8-9)13-10-3-6-15-7-4-10/h9-10,12H,1-8H2,(H,13,14). The molecule has 4 heteroatoms. The summed E-state index contributed by atoms with van der Waals surface area (Å²) in [6, 6.07) is 0.445. The van der Waals surface area contributed by atoms with E-state index in [9.17, 15) is 4.79 Å². The van der Waals surface area contributed by atoms with E-state index in [0.29, 0.717) is 6.04 Å². The van der Waals surface area contributed by atoms with Gasteiger partial charge < -0.3 is 10.6 Å². The molecule has 15 heavy (non-hydrogen) atoms. The van der Waals surface area contributed by atoms with Crippen LogP contribution in [0.4, 0.5) is 0 Å². The number of amides is 1. The topological polar surface area (TPSA) is 41.1 Å². The summed E-state index contributed by atoms with van der Waals surface area (Å²) in [6.45, 7) is 1.94. The molecule has 2 saturated heterocycles. The Morgan fingerprint density at radius 1 is 1.27 bits per heavy atom. The lowest BCUT2D eigenvalue weighted by Gasteiger charge is -2.27. The van der Waals surface area contributed by atoms with Gasteiger partial charge in [0.15, 0.2) is 0 Å². The highest BCUT2D eigenvalue weighted by Gasteiger charge is 2.23. The Balaban J connectivity index is 1.74. The molecule has 0 spiro atoms. The van der Waals surface area contributed by atoms with E-state index in [-0.39, 0.29) is 11.8 Å². The fraction of sp³-hybridized carbons (Fsp3) is 0.909. The number of piperidine rings is 1. The Bertz CT molecular complexity index is 211. The summed E-state index contributed by atoms with van der Waals surface area (Å²) in [6.07, 6.45) is 4.49. The first-order valence-electron chi connectivity index (χ1n) is 5.95. The van der Waals surface area contributed by atoms with Gasteiger partial charge in [-0.05, 0) is 43.7 Å². The third kappa shape index (κ3) is 3.38. The van der Waals surface area contributed by atoms with Gasteiger partial charge in [-0.3, -0.25) is 4.79 Å². The number of thioether (sulfide) groups is 1. The molecule has 2 aliphatic heterocycles. The van der Waals surface area contributed by atoms with Gasteiger partial charge in [-0.1, -0.05) is 0 Å². The molecule has 1 unspecified atom stereocenters. The van der Waals surface area contributed by atoms with Gasteiger partial charge in [-0.25, -0.2) is 0 Å². The van der Waals surface area contributed by atoms with Crippen LogP contribution in [0, 0.1) is 5.92 Å². The molecule has 2 N–H and O–H groups in total. The average molecular weight is 228 g/mol. The molecule has 2 fully saturated rings. The zero-order valence-corrected chi connectivity index (χ0v) is 9.94. The molecule has 2 aliphatic rings. The SMILES string of the molecule is O=C(NC1CCSCC1)C1CCCNC1. The summed E-state index contributed by atoms with van der Waals surface area (Å²) in [4.78, 5) is 11.9. The molecular weight excluding hydrogens is 208 g/mol. The molecule has 1 amide bonds. The summed E-state index contributed by atoms with van der Waals surface area (Å²) in [5, 5.41) is 6.48. The third-order valence-electron chi connectivity index (χ3n) is 3.24. The molecule has 0 aromatic rings. The van der Waals surface area contributed by atoms with Crippen LogP contribution in [0.5, 0.6) is 0 Å². The second kappa shape index (κ2) is 5.75. The van der Waals surface area contributed by atoms with Crippen molar-refractivity contribution in [1.82, 2.24) is 10.6 Å².